The highest BCUT2D eigenvalue weighted by atomic mass is 79.9. The largest absolute Gasteiger partial charge is 0.355 e. The summed E-state index contributed by atoms with van der Waals surface area (Å²) in [6.45, 7) is 4.28. The van der Waals surface area contributed by atoms with Crippen LogP contribution in [-0.2, 0) is 0 Å². The maximum absolute atomic E-state index is 6.05. The number of H-pyrrole nitrogens is 1. The topological polar surface area (TPSA) is 44.0 Å². The first-order valence-corrected chi connectivity index (χ1v) is 9.04. The number of imidazole rings is 1. The molecule has 8 heteroatoms. The highest BCUT2D eigenvalue weighted by Crippen LogP contribution is 2.28. The smallest absolute Gasteiger partial charge is 0.201 e. The molecule has 2 aromatic rings. The number of anilines is 1. The fraction of sp³-hybridized carbons (Fsp3) is 0.500. The molecule has 22 heavy (non-hydrogen) atoms. The number of aromatic amines is 1. The van der Waals surface area contributed by atoms with E-state index in [2.05, 4.69) is 52.0 Å². The summed E-state index contributed by atoms with van der Waals surface area (Å²) < 4.78 is 1.59. The van der Waals surface area contributed by atoms with E-state index >= 15 is 0 Å². The Labute approximate surface area is 149 Å². The number of aromatic nitrogens is 2. The Bertz CT molecular complexity index is 638. The summed E-state index contributed by atoms with van der Waals surface area (Å²) in [4.78, 5) is 10.3. The Morgan fingerprint density at radius 2 is 1.82 bits per heavy atom. The van der Waals surface area contributed by atoms with Gasteiger partial charge in [-0.2, -0.15) is 0 Å². The lowest BCUT2D eigenvalue weighted by Gasteiger charge is -2.26. The van der Waals surface area contributed by atoms with Crippen LogP contribution in [0.3, 0.4) is 0 Å². The predicted octanol–water partition coefficient (Wildman–Crippen LogP) is 1.57. The highest BCUT2D eigenvalue weighted by molar-refractivity contribution is 9.13. The molecule has 2 heterocycles. The van der Waals surface area contributed by atoms with Crippen LogP contribution in [0.15, 0.2) is 8.95 Å². The van der Waals surface area contributed by atoms with Crippen molar-refractivity contribution in [2.24, 2.45) is 0 Å². The van der Waals surface area contributed by atoms with E-state index in [0.29, 0.717) is 16.4 Å². The van der Waals surface area contributed by atoms with Gasteiger partial charge >= 0.3 is 0 Å². The van der Waals surface area contributed by atoms with E-state index < -0.39 is 0 Å². The lowest BCUT2D eigenvalue weighted by molar-refractivity contribution is 0.237. The first kappa shape index (κ1) is 16.4. The van der Waals surface area contributed by atoms with E-state index in [0.717, 1.165) is 33.5 Å². The summed E-state index contributed by atoms with van der Waals surface area (Å²) in [6, 6.07) is 0. The summed E-state index contributed by atoms with van der Waals surface area (Å²) in [6.07, 6.45) is 3.97. The molecule has 0 atom stereocenters. The van der Waals surface area contributed by atoms with Gasteiger partial charge < -0.3 is 15.2 Å². The molecular formula is C14H16B2Br2N4. The molecule has 1 aliphatic rings. The van der Waals surface area contributed by atoms with Crippen molar-refractivity contribution in [3.05, 3.63) is 8.95 Å². The second-order valence-electron chi connectivity index (χ2n) is 5.59. The van der Waals surface area contributed by atoms with E-state index in [1.165, 1.54) is 32.4 Å². The summed E-state index contributed by atoms with van der Waals surface area (Å²) in [7, 11) is 12.0. The van der Waals surface area contributed by atoms with Crippen molar-refractivity contribution in [3.8, 4) is 0 Å². The molecule has 3 rings (SSSR count). The molecule has 0 aliphatic carbocycles. The fourth-order valence-corrected chi connectivity index (χ4v) is 3.71. The van der Waals surface area contributed by atoms with Crippen LogP contribution in [0, 0.1) is 0 Å². The van der Waals surface area contributed by atoms with E-state index in [9.17, 15) is 0 Å². The van der Waals surface area contributed by atoms with Crippen molar-refractivity contribution >= 4 is 75.5 Å². The Kier molecular flexibility index (Phi) is 5.20. The highest BCUT2D eigenvalue weighted by Gasteiger charge is 2.15. The van der Waals surface area contributed by atoms with Crippen LogP contribution in [0.4, 0.5) is 5.95 Å². The first-order chi connectivity index (χ1) is 10.6. The van der Waals surface area contributed by atoms with Crippen molar-refractivity contribution in [1.82, 2.24) is 14.9 Å². The van der Waals surface area contributed by atoms with Crippen molar-refractivity contribution in [2.75, 3.05) is 31.5 Å². The molecule has 0 amide bonds. The van der Waals surface area contributed by atoms with Crippen molar-refractivity contribution < 1.29 is 0 Å². The van der Waals surface area contributed by atoms with Crippen molar-refractivity contribution in [1.29, 1.82) is 0 Å². The van der Waals surface area contributed by atoms with Crippen LogP contribution in [0.5, 0.6) is 0 Å². The van der Waals surface area contributed by atoms with Gasteiger partial charge in [-0.25, -0.2) is 4.98 Å². The monoisotopic (exact) mass is 420 g/mol. The third-order valence-electron chi connectivity index (χ3n) is 4.07. The number of hydrogen-bond donors (Lipinski definition) is 2. The van der Waals surface area contributed by atoms with E-state index in [1.807, 2.05) is 0 Å². The zero-order valence-corrected chi connectivity index (χ0v) is 15.4. The molecule has 1 saturated heterocycles. The van der Waals surface area contributed by atoms with E-state index in [4.69, 9.17) is 15.7 Å². The number of likely N-dealkylation sites (tertiary alicyclic amines) is 1. The number of fused-ring (bicyclic) bond motifs is 1. The number of hydrogen-bond acceptors (Lipinski definition) is 3. The van der Waals surface area contributed by atoms with Crippen molar-refractivity contribution in [3.63, 3.8) is 0 Å². The van der Waals surface area contributed by atoms with Gasteiger partial charge in [-0.05, 0) is 41.9 Å². The molecule has 0 bridgehead atoms. The number of benzene rings is 1. The molecule has 4 nitrogen and oxygen atoms in total. The Hall–Kier alpha value is -0.460. The molecular weight excluding hydrogens is 406 g/mol. The Balaban J connectivity index is 1.72. The van der Waals surface area contributed by atoms with Gasteiger partial charge in [0.25, 0.3) is 0 Å². The van der Waals surface area contributed by atoms with Crippen LogP contribution < -0.4 is 16.2 Å². The molecule has 4 radical (unpaired) electrons. The van der Waals surface area contributed by atoms with E-state index in [-0.39, 0.29) is 0 Å². The number of rotatable bonds is 4. The molecule has 0 spiro atoms. The average Bonchev–Trinajstić information content (AvgIpc) is 2.96. The molecule has 1 aromatic carbocycles. The third-order valence-corrected chi connectivity index (χ3v) is 6.22. The number of nitrogens with one attached hydrogen (secondary N) is 2. The van der Waals surface area contributed by atoms with Crippen LogP contribution in [-0.4, -0.2) is 56.7 Å². The number of piperidine rings is 1. The predicted molar refractivity (Wildman–Crippen MR) is 101 cm³/mol. The number of nitrogens with zero attached hydrogens (tertiary/aromatic N) is 2. The molecule has 0 unspecified atom stereocenters. The summed E-state index contributed by atoms with van der Waals surface area (Å²) >= 11 is 6.96. The minimum atomic E-state index is 0.491. The maximum atomic E-state index is 6.05. The van der Waals surface area contributed by atoms with Gasteiger partial charge in [-0.1, -0.05) is 33.3 Å². The molecule has 1 aliphatic heterocycles. The zero-order chi connectivity index (χ0) is 15.7. The summed E-state index contributed by atoms with van der Waals surface area (Å²) in [5.74, 6) is 0.719. The third kappa shape index (κ3) is 3.24. The van der Waals surface area contributed by atoms with Crippen LogP contribution in [0.25, 0.3) is 11.0 Å². The Morgan fingerprint density at radius 3 is 2.55 bits per heavy atom. The van der Waals surface area contributed by atoms with Gasteiger partial charge in [-0.15, -0.1) is 0 Å². The second kappa shape index (κ2) is 6.97. The first-order valence-electron chi connectivity index (χ1n) is 7.45. The lowest BCUT2D eigenvalue weighted by atomic mass is 9.80. The van der Waals surface area contributed by atoms with Crippen LogP contribution in [0.2, 0.25) is 0 Å². The minimum absolute atomic E-state index is 0.491. The summed E-state index contributed by atoms with van der Waals surface area (Å²) in [5, 5.41) is 3.33. The lowest BCUT2D eigenvalue weighted by Crippen LogP contribution is -2.33. The van der Waals surface area contributed by atoms with Gasteiger partial charge in [0.15, 0.2) is 0 Å². The van der Waals surface area contributed by atoms with Crippen LogP contribution >= 0.6 is 31.9 Å². The molecule has 1 fully saturated rings. The summed E-state index contributed by atoms with van der Waals surface area (Å²) in [5.41, 5.74) is 2.53. The maximum Gasteiger partial charge on any atom is 0.201 e. The average molecular weight is 422 g/mol. The zero-order valence-electron chi connectivity index (χ0n) is 12.3. The molecule has 0 saturated carbocycles. The Morgan fingerprint density at radius 1 is 1.09 bits per heavy atom. The van der Waals surface area contributed by atoms with Gasteiger partial charge in [0.05, 0.1) is 15.5 Å². The minimum Gasteiger partial charge on any atom is -0.355 e. The van der Waals surface area contributed by atoms with Crippen LogP contribution in [0.1, 0.15) is 19.3 Å². The van der Waals surface area contributed by atoms with Gasteiger partial charge in [0.2, 0.25) is 5.95 Å². The normalized spacial score (nSPS) is 16.3. The van der Waals surface area contributed by atoms with Gasteiger partial charge in [0, 0.05) is 17.6 Å². The SMILES string of the molecule is [B]c1c(Br)c(Br)c2[nH]c(NCCN3CCCCC3)nc2c1[B]. The standard InChI is InChI=1S/C14H16B2Br2N4/c15-8-9(16)12-13(11(18)10(8)17)21-14(20-12)19-4-7-22-5-2-1-3-6-22/h1-7H2,(H2,19,20,21). The second-order valence-corrected chi connectivity index (χ2v) is 7.18. The number of halogens is 2. The van der Waals surface area contributed by atoms with Crippen molar-refractivity contribution in [2.45, 2.75) is 19.3 Å². The molecule has 112 valence electrons. The van der Waals surface area contributed by atoms with Gasteiger partial charge in [-0.3, -0.25) is 0 Å². The van der Waals surface area contributed by atoms with E-state index in [1.54, 1.807) is 0 Å². The quantitative estimate of drug-likeness (QED) is 0.737. The fourth-order valence-electron chi connectivity index (χ4n) is 2.80. The molecule has 2 N–H and O–H groups in total. The van der Waals surface area contributed by atoms with Gasteiger partial charge in [0.1, 0.15) is 15.7 Å². The molecule has 1 aromatic heterocycles.